The molecule has 3 N–H and O–H groups in total. The van der Waals surface area contributed by atoms with Gasteiger partial charge >= 0.3 is 0 Å². The van der Waals surface area contributed by atoms with Crippen LogP contribution >= 0.6 is 0 Å². The lowest BCUT2D eigenvalue weighted by atomic mass is 9.87. The van der Waals surface area contributed by atoms with Crippen molar-refractivity contribution in [2.24, 2.45) is 5.92 Å². The molecule has 0 heterocycles. The zero-order valence-corrected chi connectivity index (χ0v) is 11.0. The van der Waals surface area contributed by atoms with E-state index in [1.807, 2.05) is 25.1 Å². The van der Waals surface area contributed by atoms with Gasteiger partial charge in [0, 0.05) is 6.42 Å². The quantitative estimate of drug-likeness (QED) is 0.802. The van der Waals surface area contributed by atoms with Gasteiger partial charge in [-0.3, -0.25) is 4.79 Å². The van der Waals surface area contributed by atoms with Crippen LogP contribution in [0.25, 0.3) is 0 Å². The predicted molar refractivity (Wildman–Crippen MR) is 75.4 cm³/mol. The fraction of sp³-hybridized carbons (Fsp3) is 0.533. The third kappa shape index (κ3) is 3.49. The second-order valence-electron chi connectivity index (χ2n) is 5.35. The molecule has 3 nitrogen and oxygen atoms in total. The van der Waals surface area contributed by atoms with Crippen LogP contribution in [-0.4, -0.2) is 5.91 Å². The van der Waals surface area contributed by atoms with E-state index >= 15 is 0 Å². The molecule has 0 saturated heterocycles. The molecular formula is C15H22N2O. The van der Waals surface area contributed by atoms with Gasteiger partial charge in [0.15, 0.2) is 0 Å². The van der Waals surface area contributed by atoms with Crippen molar-refractivity contribution in [3.63, 3.8) is 0 Å². The maximum absolute atomic E-state index is 12.0. The second kappa shape index (κ2) is 5.89. The van der Waals surface area contributed by atoms with Crippen LogP contribution in [0.4, 0.5) is 11.4 Å². The van der Waals surface area contributed by atoms with Crippen LogP contribution in [0.1, 0.15) is 44.1 Å². The maximum Gasteiger partial charge on any atom is 0.224 e. The first-order chi connectivity index (χ1) is 8.65. The van der Waals surface area contributed by atoms with Crippen LogP contribution in [0.2, 0.25) is 0 Å². The van der Waals surface area contributed by atoms with Crippen molar-refractivity contribution < 1.29 is 4.79 Å². The van der Waals surface area contributed by atoms with Crippen LogP contribution in [0, 0.1) is 12.8 Å². The molecule has 98 valence electrons. The Balaban J connectivity index is 1.92. The summed E-state index contributed by atoms with van der Waals surface area (Å²) in [5.74, 6) is 0.656. The van der Waals surface area contributed by atoms with E-state index < -0.39 is 0 Å². The van der Waals surface area contributed by atoms with Crippen LogP contribution in [0.15, 0.2) is 18.2 Å². The highest BCUT2D eigenvalue weighted by Gasteiger charge is 2.17. The van der Waals surface area contributed by atoms with E-state index in [9.17, 15) is 4.79 Å². The van der Waals surface area contributed by atoms with Crippen molar-refractivity contribution in [3.05, 3.63) is 23.8 Å². The van der Waals surface area contributed by atoms with Crippen molar-refractivity contribution in [1.29, 1.82) is 0 Å². The lowest BCUT2D eigenvalue weighted by Crippen LogP contribution is -2.19. The Labute approximate surface area is 109 Å². The molecule has 2 rings (SSSR count). The highest BCUT2D eigenvalue weighted by Crippen LogP contribution is 2.27. The van der Waals surface area contributed by atoms with E-state index in [0.29, 0.717) is 18.0 Å². The Morgan fingerprint density at radius 1 is 1.33 bits per heavy atom. The number of hydrogen-bond acceptors (Lipinski definition) is 2. The first-order valence-electron chi connectivity index (χ1n) is 6.81. The number of hydrogen-bond donors (Lipinski definition) is 2. The van der Waals surface area contributed by atoms with Crippen molar-refractivity contribution in [3.8, 4) is 0 Å². The minimum atomic E-state index is 0.0965. The van der Waals surface area contributed by atoms with Crippen LogP contribution in [0.5, 0.6) is 0 Å². The number of rotatable bonds is 3. The zero-order chi connectivity index (χ0) is 13.0. The SMILES string of the molecule is Cc1ccc(N)c(NC(=O)CC2CCCCC2)c1. The monoisotopic (exact) mass is 246 g/mol. The lowest BCUT2D eigenvalue weighted by Gasteiger charge is -2.21. The third-order valence-corrected chi connectivity index (χ3v) is 3.68. The molecule has 18 heavy (non-hydrogen) atoms. The average Bonchev–Trinajstić information content (AvgIpc) is 2.35. The van der Waals surface area contributed by atoms with Gasteiger partial charge in [-0.15, -0.1) is 0 Å². The Morgan fingerprint density at radius 2 is 2.06 bits per heavy atom. The number of aryl methyl sites for hydroxylation is 1. The van der Waals surface area contributed by atoms with E-state index in [1.165, 1.54) is 32.1 Å². The minimum absolute atomic E-state index is 0.0965. The summed E-state index contributed by atoms with van der Waals surface area (Å²) in [6, 6.07) is 5.71. The fourth-order valence-electron chi connectivity index (χ4n) is 2.63. The molecule has 0 spiro atoms. The van der Waals surface area contributed by atoms with E-state index in [2.05, 4.69) is 5.32 Å². The summed E-state index contributed by atoms with van der Waals surface area (Å²) in [6.07, 6.45) is 6.87. The van der Waals surface area contributed by atoms with Gasteiger partial charge in [0.1, 0.15) is 0 Å². The summed E-state index contributed by atoms with van der Waals surface area (Å²) < 4.78 is 0. The van der Waals surface area contributed by atoms with Gasteiger partial charge in [-0.2, -0.15) is 0 Å². The van der Waals surface area contributed by atoms with E-state index in [0.717, 1.165) is 11.3 Å². The zero-order valence-electron chi connectivity index (χ0n) is 11.0. The number of nitrogen functional groups attached to an aromatic ring is 1. The van der Waals surface area contributed by atoms with Gasteiger partial charge in [0.2, 0.25) is 5.91 Å². The molecular weight excluding hydrogens is 224 g/mol. The van der Waals surface area contributed by atoms with Gasteiger partial charge in [-0.25, -0.2) is 0 Å². The molecule has 1 aromatic rings. The first-order valence-corrected chi connectivity index (χ1v) is 6.81. The minimum Gasteiger partial charge on any atom is -0.397 e. The van der Waals surface area contributed by atoms with Crippen molar-refractivity contribution in [2.75, 3.05) is 11.1 Å². The molecule has 0 atom stereocenters. The van der Waals surface area contributed by atoms with E-state index in [1.54, 1.807) is 0 Å². The highest BCUT2D eigenvalue weighted by atomic mass is 16.1. The van der Waals surface area contributed by atoms with Crippen molar-refractivity contribution >= 4 is 17.3 Å². The predicted octanol–water partition coefficient (Wildman–Crippen LogP) is 3.49. The number of anilines is 2. The summed E-state index contributed by atoms with van der Waals surface area (Å²) in [5, 5.41) is 2.93. The number of nitrogens with one attached hydrogen (secondary N) is 1. The average molecular weight is 246 g/mol. The Hall–Kier alpha value is -1.51. The standard InChI is InChI=1S/C15H22N2O/c1-11-7-8-13(16)14(9-11)17-15(18)10-12-5-3-2-4-6-12/h7-9,12H,2-6,10,16H2,1H3,(H,17,18). The molecule has 0 bridgehead atoms. The fourth-order valence-corrected chi connectivity index (χ4v) is 2.63. The largest absolute Gasteiger partial charge is 0.397 e. The van der Waals surface area contributed by atoms with Gasteiger partial charge < -0.3 is 11.1 Å². The summed E-state index contributed by atoms with van der Waals surface area (Å²) >= 11 is 0. The number of benzene rings is 1. The molecule has 1 aliphatic carbocycles. The summed E-state index contributed by atoms with van der Waals surface area (Å²) in [7, 11) is 0. The van der Waals surface area contributed by atoms with Gasteiger partial charge in [-0.05, 0) is 43.4 Å². The smallest absolute Gasteiger partial charge is 0.224 e. The molecule has 3 heteroatoms. The van der Waals surface area contributed by atoms with Crippen LogP contribution in [0.3, 0.4) is 0 Å². The van der Waals surface area contributed by atoms with Crippen molar-refractivity contribution in [1.82, 2.24) is 0 Å². The van der Waals surface area contributed by atoms with Crippen LogP contribution < -0.4 is 11.1 Å². The Bertz CT molecular complexity index is 423. The van der Waals surface area contributed by atoms with Gasteiger partial charge in [0.25, 0.3) is 0 Å². The molecule has 1 aromatic carbocycles. The molecule has 0 aliphatic heterocycles. The number of nitrogens with two attached hydrogens (primary N) is 1. The number of carbonyl (C=O) groups excluding carboxylic acids is 1. The first kappa shape index (κ1) is 12.9. The normalized spacial score (nSPS) is 16.5. The van der Waals surface area contributed by atoms with E-state index in [4.69, 9.17) is 5.73 Å². The van der Waals surface area contributed by atoms with Crippen LogP contribution in [-0.2, 0) is 4.79 Å². The second-order valence-corrected chi connectivity index (χ2v) is 5.35. The highest BCUT2D eigenvalue weighted by molar-refractivity contribution is 5.94. The summed E-state index contributed by atoms with van der Waals surface area (Å²) in [4.78, 5) is 12.0. The molecule has 1 saturated carbocycles. The Kier molecular flexibility index (Phi) is 4.24. The molecule has 1 fully saturated rings. The summed E-state index contributed by atoms with van der Waals surface area (Å²) in [5.41, 5.74) is 8.35. The van der Waals surface area contributed by atoms with Crippen molar-refractivity contribution in [2.45, 2.75) is 45.4 Å². The molecule has 1 amide bonds. The molecule has 0 aromatic heterocycles. The summed E-state index contributed by atoms with van der Waals surface area (Å²) in [6.45, 7) is 2.00. The van der Waals surface area contributed by atoms with Gasteiger partial charge in [-0.1, -0.05) is 25.3 Å². The molecule has 0 unspecified atom stereocenters. The lowest BCUT2D eigenvalue weighted by molar-refractivity contribution is -0.117. The topological polar surface area (TPSA) is 55.1 Å². The molecule has 0 radical (unpaired) electrons. The van der Waals surface area contributed by atoms with Gasteiger partial charge in [0.05, 0.1) is 11.4 Å². The molecule has 1 aliphatic rings. The number of carbonyl (C=O) groups is 1. The third-order valence-electron chi connectivity index (χ3n) is 3.68. The Morgan fingerprint density at radius 3 is 2.78 bits per heavy atom. The maximum atomic E-state index is 12.0. The van der Waals surface area contributed by atoms with E-state index in [-0.39, 0.29) is 5.91 Å². The number of amides is 1.